The van der Waals surface area contributed by atoms with Crippen LogP contribution >= 0.6 is 0 Å². The summed E-state index contributed by atoms with van der Waals surface area (Å²) in [5, 5.41) is 0. The first-order valence-corrected chi connectivity index (χ1v) is 9.71. The van der Waals surface area contributed by atoms with E-state index in [1.807, 2.05) is 4.90 Å². The van der Waals surface area contributed by atoms with Crippen LogP contribution in [-0.2, 0) is 9.53 Å². The second-order valence-corrected chi connectivity index (χ2v) is 8.61. The van der Waals surface area contributed by atoms with Crippen LogP contribution in [0.4, 0.5) is 0 Å². The van der Waals surface area contributed by atoms with Crippen LogP contribution in [0.15, 0.2) is 30.3 Å². The number of amides is 1. The molecule has 2 saturated heterocycles. The number of nitrogens with zero attached hydrogens (tertiary/aromatic N) is 1. The largest absolute Gasteiger partial charge is 0.377 e. The molecule has 1 amide bonds. The van der Waals surface area contributed by atoms with Crippen molar-refractivity contribution in [2.45, 2.75) is 57.1 Å². The van der Waals surface area contributed by atoms with Crippen molar-refractivity contribution in [1.29, 1.82) is 0 Å². The van der Waals surface area contributed by atoms with Gasteiger partial charge in [-0.2, -0.15) is 0 Å². The summed E-state index contributed by atoms with van der Waals surface area (Å²) in [6, 6.07) is 10.7. The maximum Gasteiger partial charge on any atom is 0.243 e. The highest BCUT2D eigenvalue weighted by atomic mass is 16.5. The summed E-state index contributed by atoms with van der Waals surface area (Å²) in [5.74, 6) is 0.880. The Hall–Kier alpha value is -1.39. The van der Waals surface area contributed by atoms with E-state index >= 15 is 0 Å². The number of rotatable bonds is 2. The van der Waals surface area contributed by atoms with E-state index in [-0.39, 0.29) is 23.3 Å². The Labute approximate surface area is 150 Å². The van der Waals surface area contributed by atoms with Crippen LogP contribution in [0.2, 0.25) is 0 Å². The maximum absolute atomic E-state index is 13.4. The van der Waals surface area contributed by atoms with Crippen molar-refractivity contribution in [2.24, 2.45) is 17.1 Å². The lowest BCUT2D eigenvalue weighted by molar-refractivity contribution is -0.230. The van der Waals surface area contributed by atoms with Crippen molar-refractivity contribution in [2.75, 3.05) is 19.7 Å². The van der Waals surface area contributed by atoms with Gasteiger partial charge >= 0.3 is 0 Å². The molecule has 1 aliphatic carbocycles. The molecule has 1 aromatic rings. The van der Waals surface area contributed by atoms with Crippen LogP contribution in [-0.4, -0.2) is 42.1 Å². The fourth-order valence-corrected chi connectivity index (χ4v) is 5.41. The topological polar surface area (TPSA) is 55.6 Å². The average Bonchev–Trinajstić information content (AvgIpc) is 2.67. The fourth-order valence-electron chi connectivity index (χ4n) is 5.41. The molecular weight excluding hydrogens is 312 g/mol. The lowest BCUT2D eigenvalue weighted by Crippen LogP contribution is -2.82. The van der Waals surface area contributed by atoms with Gasteiger partial charge < -0.3 is 15.4 Å². The van der Waals surface area contributed by atoms with Crippen LogP contribution in [0.1, 0.15) is 51.0 Å². The minimum Gasteiger partial charge on any atom is -0.377 e. The number of ether oxygens (including phenoxy) is 1. The van der Waals surface area contributed by atoms with Crippen molar-refractivity contribution in [1.82, 2.24) is 4.90 Å². The molecule has 3 atom stereocenters. The number of hydrogen-bond acceptors (Lipinski definition) is 3. The number of fused-ring (bicyclic) bond motifs is 1. The van der Waals surface area contributed by atoms with Gasteiger partial charge in [-0.1, -0.05) is 44.2 Å². The fraction of sp³-hybridized carbons (Fsp3) is 0.667. The molecule has 0 bridgehead atoms. The van der Waals surface area contributed by atoms with Gasteiger partial charge in [0, 0.05) is 31.0 Å². The molecule has 3 unspecified atom stereocenters. The Kier molecular flexibility index (Phi) is 4.16. The first-order valence-electron chi connectivity index (χ1n) is 9.71. The van der Waals surface area contributed by atoms with Crippen molar-refractivity contribution in [3.63, 3.8) is 0 Å². The molecule has 3 fully saturated rings. The van der Waals surface area contributed by atoms with Crippen LogP contribution in [0.5, 0.6) is 0 Å². The van der Waals surface area contributed by atoms with Crippen molar-refractivity contribution >= 4 is 5.91 Å². The monoisotopic (exact) mass is 342 g/mol. The van der Waals surface area contributed by atoms with Gasteiger partial charge in [0.25, 0.3) is 0 Å². The van der Waals surface area contributed by atoms with E-state index in [1.165, 1.54) is 5.56 Å². The minimum atomic E-state index is -0.766. The van der Waals surface area contributed by atoms with Gasteiger partial charge in [0.15, 0.2) is 0 Å². The second kappa shape index (κ2) is 6.10. The first kappa shape index (κ1) is 17.0. The number of likely N-dealkylation sites (tertiary alicyclic amines) is 1. The van der Waals surface area contributed by atoms with Crippen LogP contribution in [0, 0.1) is 11.3 Å². The molecule has 0 spiro atoms. The second-order valence-electron chi connectivity index (χ2n) is 8.61. The molecule has 4 heteroatoms. The minimum absolute atomic E-state index is 0.136. The third-order valence-electron chi connectivity index (χ3n) is 7.09. The molecule has 4 rings (SSSR count). The van der Waals surface area contributed by atoms with Gasteiger partial charge in [-0.05, 0) is 37.2 Å². The molecular formula is C21H30N2O2. The van der Waals surface area contributed by atoms with Gasteiger partial charge in [0.1, 0.15) is 5.54 Å². The zero-order valence-electron chi connectivity index (χ0n) is 15.4. The molecule has 1 aromatic carbocycles. The van der Waals surface area contributed by atoms with Crippen LogP contribution in [0.3, 0.4) is 0 Å². The summed E-state index contributed by atoms with van der Waals surface area (Å²) in [6.45, 7) is 6.64. The molecule has 136 valence electrons. The van der Waals surface area contributed by atoms with E-state index in [4.69, 9.17) is 10.5 Å². The standard InChI is InChI=1S/C21H30N2O2/c1-20(2)18-17(9-6-14-25-18)21(20,22)19(24)23-12-10-16(11-13-23)15-7-4-3-5-8-15/h3-5,7-8,16-18H,6,9-14,22H2,1-2H3. The lowest BCUT2D eigenvalue weighted by Gasteiger charge is -2.66. The summed E-state index contributed by atoms with van der Waals surface area (Å²) in [6.07, 6.45) is 4.21. The van der Waals surface area contributed by atoms with E-state index in [1.54, 1.807) is 0 Å². The summed E-state index contributed by atoms with van der Waals surface area (Å²) in [7, 11) is 0. The highest BCUT2D eigenvalue weighted by molar-refractivity contribution is 5.89. The van der Waals surface area contributed by atoms with Crippen LogP contribution in [0.25, 0.3) is 0 Å². The van der Waals surface area contributed by atoms with Gasteiger partial charge in [-0.25, -0.2) is 0 Å². The van der Waals surface area contributed by atoms with E-state index < -0.39 is 5.54 Å². The number of hydrogen-bond donors (Lipinski definition) is 1. The highest BCUT2D eigenvalue weighted by Crippen LogP contribution is 2.58. The number of benzene rings is 1. The summed E-state index contributed by atoms with van der Waals surface area (Å²) in [5.41, 5.74) is 7.12. The Morgan fingerprint density at radius 2 is 1.84 bits per heavy atom. The smallest absolute Gasteiger partial charge is 0.243 e. The van der Waals surface area contributed by atoms with Crippen molar-refractivity contribution in [3.05, 3.63) is 35.9 Å². The van der Waals surface area contributed by atoms with Gasteiger partial charge in [-0.3, -0.25) is 4.79 Å². The quantitative estimate of drug-likeness (QED) is 0.899. The Bertz CT molecular complexity index is 637. The van der Waals surface area contributed by atoms with E-state index in [2.05, 4.69) is 44.2 Å². The van der Waals surface area contributed by atoms with Gasteiger partial charge in [0.2, 0.25) is 5.91 Å². The SMILES string of the molecule is CC1(C)C2OCCCC2C1(N)C(=O)N1CCC(c2ccccc2)CC1. The Morgan fingerprint density at radius 3 is 2.52 bits per heavy atom. The predicted molar refractivity (Wildman–Crippen MR) is 98.2 cm³/mol. The summed E-state index contributed by atoms with van der Waals surface area (Å²) in [4.78, 5) is 15.4. The van der Waals surface area contributed by atoms with Crippen molar-refractivity contribution in [3.8, 4) is 0 Å². The number of piperidine rings is 1. The summed E-state index contributed by atoms with van der Waals surface area (Å²) < 4.78 is 5.95. The van der Waals surface area contributed by atoms with Gasteiger partial charge in [-0.15, -0.1) is 0 Å². The normalized spacial score (nSPS) is 34.9. The molecule has 2 N–H and O–H groups in total. The molecule has 3 aliphatic rings. The third kappa shape index (κ3) is 2.45. The van der Waals surface area contributed by atoms with Crippen molar-refractivity contribution < 1.29 is 9.53 Å². The molecule has 1 saturated carbocycles. The highest BCUT2D eigenvalue weighted by Gasteiger charge is 2.70. The first-order chi connectivity index (χ1) is 12.0. The molecule has 2 heterocycles. The molecule has 25 heavy (non-hydrogen) atoms. The van der Waals surface area contributed by atoms with E-state index in [0.29, 0.717) is 5.92 Å². The Morgan fingerprint density at radius 1 is 1.16 bits per heavy atom. The predicted octanol–water partition coefficient (Wildman–Crippen LogP) is 2.93. The average molecular weight is 342 g/mol. The zero-order chi connectivity index (χ0) is 17.7. The van der Waals surface area contributed by atoms with E-state index in [0.717, 1.165) is 45.4 Å². The Balaban J connectivity index is 1.45. The van der Waals surface area contributed by atoms with E-state index in [9.17, 15) is 4.79 Å². The summed E-state index contributed by atoms with van der Waals surface area (Å²) >= 11 is 0. The molecule has 0 aromatic heterocycles. The third-order valence-corrected chi connectivity index (χ3v) is 7.09. The maximum atomic E-state index is 13.4. The van der Waals surface area contributed by atoms with Gasteiger partial charge in [0.05, 0.1) is 6.10 Å². The molecule has 4 nitrogen and oxygen atoms in total. The lowest BCUT2D eigenvalue weighted by atomic mass is 9.46. The van der Waals surface area contributed by atoms with Crippen LogP contribution < -0.4 is 5.73 Å². The molecule has 0 radical (unpaired) electrons. The zero-order valence-corrected chi connectivity index (χ0v) is 15.4. The number of carbonyl (C=O) groups excluding carboxylic acids is 1. The number of carbonyl (C=O) groups is 1. The molecule has 2 aliphatic heterocycles. The number of nitrogens with two attached hydrogens (primary N) is 1.